The Morgan fingerprint density at radius 2 is 2.05 bits per heavy atom. The fraction of sp³-hybridized carbons (Fsp3) is 0.769. The summed E-state index contributed by atoms with van der Waals surface area (Å²) in [5.74, 6) is -2.95. The molecule has 19 heavy (non-hydrogen) atoms. The zero-order valence-corrected chi connectivity index (χ0v) is 11.9. The number of carbonyl (C=O) groups is 3. The zero-order chi connectivity index (χ0) is 14.8. The molecule has 2 amide bonds. The Kier molecular flexibility index (Phi) is 4.55. The molecule has 0 aromatic rings. The van der Waals surface area contributed by atoms with Crippen LogP contribution in [0.4, 0.5) is 0 Å². The van der Waals surface area contributed by atoms with E-state index in [0.717, 1.165) is 0 Å². The van der Waals surface area contributed by atoms with Gasteiger partial charge in [0, 0.05) is 13.1 Å². The van der Waals surface area contributed by atoms with Gasteiger partial charge in [0.15, 0.2) is 0 Å². The van der Waals surface area contributed by atoms with Crippen molar-refractivity contribution >= 4 is 17.8 Å². The summed E-state index contributed by atoms with van der Waals surface area (Å²) in [7, 11) is 0. The van der Waals surface area contributed by atoms with Crippen molar-refractivity contribution in [1.82, 2.24) is 10.2 Å². The SMILES string of the molecule is CCC1C(=O)NCCN1C(=O)C(C(=O)O)C(C)(C)C. The molecular formula is C13H22N2O4. The minimum absolute atomic E-state index is 0.208. The van der Waals surface area contributed by atoms with Crippen LogP contribution in [0.2, 0.25) is 0 Å². The maximum absolute atomic E-state index is 12.5. The number of nitrogens with one attached hydrogen (secondary N) is 1. The lowest BCUT2D eigenvalue weighted by atomic mass is 9.79. The van der Waals surface area contributed by atoms with Gasteiger partial charge in [-0.15, -0.1) is 0 Å². The van der Waals surface area contributed by atoms with Gasteiger partial charge in [-0.3, -0.25) is 14.4 Å². The lowest BCUT2D eigenvalue weighted by molar-refractivity contribution is -0.160. The average Bonchev–Trinajstić information content (AvgIpc) is 2.25. The van der Waals surface area contributed by atoms with Gasteiger partial charge < -0.3 is 15.3 Å². The topological polar surface area (TPSA) is 86.7 Å². The van der Waals surface area contributed by atoms with Crippen molar-refractivity contribution in [2.45, 2.75) is 40.2 Å². The van der Waals surface area contributed by atoms with E-state index in [4.69, 9.17) is 0 Å². The molecule has 0 aliphatic carbocycles. The highest BCUT2D eigenvalue weighted by molar-refractivity contribution is 6.00. The first-order valence-electron chi connectivity index (χ1n) is 6.51. The van der Waals surface area contributed by atoms with Crippen molar-refractivity contribution < 1.29 is 19.5 Å². The summed E-state index contributed by atoms with van der Waals surface area (Å²) >= 11 is 0. The third kappa shape index (κ3) is 3.24. The van der Waals surface area contributed by atoms with Gasteiger partial charge in [-0.1, -0.05) is 27.7 Å². The van der Waals surface area contributed by atoms with Gasteiger partial charge >= 0.3 is 5.97 Å². The number of carboxylic acids is 1. The van der Waals surface area contributed by atoms with Crippen molar-refractivity contribution in [3.05, 3.63) is 0 Å². The third-order valence-electron chi connectivity index (χ3n) is 3.36. The summed E-state index contributed by atoms with van der Waals surface area (Å²) < 4.78 is 0. The molecular weight excluding hydrogens is 248 g/mol. The first kappa shape index (κ1) is 15.5. The second kappa shape index (κ2) is 5.59. The number of hydrogen-bond acceptors (Lipinski definition) is 3. The molecule has 2 unspecified atom stereocenters. The maximum Gasteiger partial charge on any atom is 0.316 e. The number of carbonyl (C=O) groups excluding carboxylic acids is 2. The molecule has 1 heterocycles. The smallest absolute Gasteiger partial charge is 0.316 e. The Bertz CT molecular complexity index is 387. The molecule has 1 rings (SSSR count). The molecule has 0 radical (unpaired) electrons. The van der Waals surface area contributed by atoms with Crippen LogP contribution in [0.5, 0.6) is 0 Å². The normalized spacial score (nSPS) is 21.8. The molecule has 2 N–H and O–H groups in total. The molecule has 6 nitrogen and oxygen atoms in total. The Labute approximate surface area is 113 Å². The van der Waals surface area contributed by atoms with Crippen molar-refractivity contribution in [2.75, 3.05) is 13.1 Å². The van der Waals surface area contributed by atoms with E-state index in [-0.39, 0.29) is 5.91 Å². The second-order valence-electron chi connectivity index (χ2n) is 5.88. The summed E-state index contributed by atoms with van der Waals surface area (Å²) in [5, 5.41) is 12.0. The van der Waals surface area contributed by atoms with E-state index in [2.05, 4.69) is 5.32 Å². The maximum atomic E-state index is 12.5. The van der Waals surface area contributed by atoms with Crippen LogP contribution in [0.1, 0.15) is 34.1 Å². The van der Waals surface area contributed by atoms with Gasteiger partial charge in [0.2, 0.25) is 11.8 Å². The molecule has 0 spiro atoms. The summed E-state index contributed by atoms with van der Waals surface area (Å²) in [6.07, 6.45) is 0.480. The van der Waals surface area contributed by atoms with E-state index in [1.54, 1.807) is 20.8 Å². The number of piperazine rings is 1. The summed E-state index contributed by atoms with van der Waals surface area (Å²) in [4.78, 5) is 37.0. The fourth-order valence-electron chi connectivity index (χ4n) is 2.40. The predicted molar refractivity (Wildman–Crippen MR) is 69.4 cm³/mol. The van der Waals surface area contributed by atoms with Crippen LogP contribution in [0.25, 0.3) is 0 Å². The van der Waals surface area contributed by atoms with Crippen molar-refractivity contribution in [3.8, 4) is 0 Å². The lowest BCUT2D eigenvalue weighted by Gasteiger charge is -2.38. The molecule has 1 saturated heterocycles. The summed E-state index contributed by atoms with van der Waals surface area (Å²) in [6.45, 7) is 7.70. The molecule has 1 fully saturated rings. The van der Waals surface area contributed by atoms with Crippen molar-refractivity contribution in [2.24, 2.45) is 11.3 Å². The molecule has 0 aromatic heterocycles. The minimum atomic E-state index is -1.14. The van der Waals surface area contributed by atoms with Crippen LogP contribution in [0, 0.1) is 11.3 Å². The molecule has 0 saturated carbocycles. The number of rotatable bonds is 3. The highest BCUT2D eigenvalue weighted by Gasteiger charge is 2.43. The number of amides is 2. The van der Waals surface area contributed by atoms with E-state index in [1.807, 2.05) is 6.92 Å². The zero-order valence-electron chi connectivity index (χ0n) is 11.9. The van der Waals surface area contributed by atoms with E-state index in [9.17, 15) is 19.5 Å². The Hall–Kier alpha value is -1.59. The number of carboxylic acid groups (broad SMARTS) is 1. The van der Waals surface area contributed by atoms with Crippen LogP contribution in [0.15, 0.2) is 0 Å². The Balaban J connectivity index is 3.02. The number of hydrogen-bond donors (Lipinski definition) is 2. The fourth-order valence-corrected chi connectivity index (χ4v) is 2.40. The van der Waals surface area contributed by atoms with Gasteiger partial charge in [-0.25, -0.2) is 0 Å². The number of nitrogens with zero attached hydrogens (tertiary/aromatic N) is 1. The monoisotopic (exact) mass is 270 g/mol. The third-order valence-corrected chi connectivity index (χ3v) is 3.36. The molecule has 108 valence electrons. The largest absolute Gasteiger partial charge is 0.481 e. The molecule has 0 aromatic carbocycles. The predicted octanol–water partition coefficient (Wildman–Crippen LogP) is 0.470. The average molecular weight is 270 g/mol. The molecule has 2 atom stereocenters. The van der Waals surface area contributed by atoms with Crippen LogP contribution >= 0.6 is 0 Å². The lowest BCUT2D eigenvalue weighted by Crippen LogP contribution is -2.59. The van der Waals surface area contributed by atoms with Crippen LogP contribution in [-0.4, -0.2) is 46.9 Å². The van der Waals surface area contributed by atoms with Crippen LogP contribution in [-0.2, 0) is 14.4 Å². The van der Waals surface area contributed by atoms with E-state index in [0.29, 0.717) is 19.5 Å². The quantitative estimate of drug-likeness (QED) is 0.730. The van der Waals surface area contributed by atoms with Crippen molar-refractivity contribution in [3.63, 3.8) is 0 Å². The highest BCUT2D eigenvalue weighted by Crippen LogP contribution is 2.29. The first-order valence-corrected chi connectivity index (χ1v) is 6.51. The van der Waals surface area contributed by atoms with Crippen LogP contribution in [0.3, 0.4) is 0 Å². The molecule has 6 heteroatoms. The molecule has 1 aliphatic rings. The second-order valence-corrected chi connectivity index (χ2v) is 5.88. The molecule has 0 bridgehead atoms. The summed E-state index contributed by atoms with van der Waals surface area (Å²) in [6, 6.07) is -0.564. The Morgan fingerprint density at radius 1 is 1.47 bits per heavy atom. The van der Waals surface area contributed by atoms with Gasteiger partial charge in [0.25, 0.3) is 0 Å². The van der Waals surface area contributed by atoms with E-state index < -0.39 is 29.3 Å². The minimum Gasteiger partial charge on any atom is -0.481 e. The van der Waals surface area contributed by atoms with Gasteiger partial charge in [-0.05, 0) is 11.8 Å². The van der Waals surface area contributed by atoms with Crippen molar-refractivity contribution in [1.29, 1.82) is 0 Å². The Morgan fingerprint density at radius 3 is 2.47 bits per heavy atom. The van der Waals surface area contributed by atoms with Gasteiger partial charge in [0.1, 0.15) is 12.0 Å². The standard InChI is InChI=1S/C13H22N2O4/c1-5-8-10(16)14-6-7-15(8)11(17)9(12(18)19)13(2,3)4/h8-9H,5-7H2,1-4H3,(H,14,16)(H,18,19). The van der Waals surface area contributed by atoms with Crippen LogP contribution < -0.4 is 5.32 Å². The van der Waals surface area contributed by atoms with E-state index in [1.165, 1.54) is 4.90 Å². The highest BCUT2D eigenvalue weighted by atomic mass is 16.4. The van der Waals surface area contributed by atoms with E-state index >= 15 is 0 Å². The molecule has 1 aliphatic heterocycles. The van der Waals surface area contributed by atoms with Gasteiger partial charge in [0.05, 0.1) is 0 Å². The summed E-state index contributed by atoms with van der Waals surface area (Å²) in [5.41, 5.74) is -0.685. The number of aliphatic carboxylic acids is 1. The van der Waals surface area contributed by atoms with Gasteiger partial charge in [-0.2, -0.15) is 0 Å². The first-order chi connectivity index (χ1) is 8.70.